The van der Waals surface area contributed by atoms with Crippen molar-refractivity contribution in [3.05, 3.63) is 0 Å². The van der Waals surface area contributed by atoms with Gasteiger partial charge in [0.15, 0.2) is 9.84 Å². The van der Waals surface area contributed by atoms with Crippen molar-refractivity contribution >= 4 is 9.84 Å². The van der Waals surface area contributed by atoms with Crippen molar-refractivity contribution < 1.29 is 8.42 Å². The van der Waals surface area contributed by atoms with Gasteiger partial charge in [-0.25, -0.2) is 8.42 Å². The lowest BCUT2D eigenvalue weighted by molar-refractivity contribution is 0.182. The summed E-state index contributed by atoms with van der Waals surface area (Å²) in [7, 11) is -0.841. The fourth-order valence-corrected chi connectivity index (χ4v) is 3.85. The van der Waals surface area contributed by atoms with Gasteiger partial charge in [-0.2, -0.15) is 0 Å². The summed E-state index contributed by atoms with van der Waals surface area (Å²) in [5, 5.41) is 3.21. The molecule has 0 aromatic carbocycles. The number of rotatable bonds is 7. The maximum absolute atomic E-state index is 11.6. The molecule has 17 heavy (non-hydrogen) atoms. The molecule has 0 bridgehead atoms. The number of hydrogen-bond acceptors (Lipinski definition) is 4. The molecule has 1 fully saturated rings. The van der Waals surface area contributed by atoms with E-state index in [0.717, 1.165) is 26.1 Å². The monoisotopic (exact) mass is 262 g/mol. The molecule has 1 N–H and O–H groups in total. The molecule has 1 aliphatic rings. The Bertz CT molecular complexity index is 302. The highest BCUT2D eigenvalue weighted by Gasteiger charge is 2.20. The van der Waals surface area contributed by atoms with Gasteiger partial charge in [-0.3, -0.25) is 0 Å². The molecule has 1 atom stereocenters. The van der Waals surface area contributed by atoms with E-state index >= 15 is 0 Å². The minimum Gasteiger partial charge on any atom is -0.319 e. The van der Waals surface area contributed by atoms with Crippen LogP contribution in [0.4, 0.5) is 0 Å². The first-order valence-corrected chi connectivity index (χ1v) is 8.47. The highest BCUT2D eigenvalue weighted by molar-refractivity contribution is 7.91. The fourth-order valence-electron chi connectivity index (χ4n) is 2.49. The van der Waals surface area contributed by atoms with Gasteiger partial charge in [0.1, 0.15) is 0 Å². The minimum atomic E-state index is -2.82. The van der Waals surface area contributed by atoms with E-state index in [2.05, 4.69) is 10.2 Å². The Morgan fingerprint density at radius 3 is 2.76 bits per heavy atom. The first-order chi connectivity index (χ1) is 8.07. The SMILES string of the molecule is CCCS(=O)(=O)CCN1CCCC(CNC)C1. The van der Waals surface area contributed by atoms with E-state index in [1.807, 2.05) is 14.0 Å². The molecule has 1 heterocycles. The summed E-state index contributed by atoms with van der Waals surface area (Å²) in [5.74, 6) is 1.34. The van der Waals surface area contributed by atoms with Crippen molar-refractivity contribution in [1.82, 2.24) is 10.2 Å². The van der Waals surface area contributed by atoms with Crippen LogP contribution in [0.2, 0.25) is 0 Å². The summed E-state index contributed by atoms with van der Waals surface area (Å²) in [4.78, 5) is 2.30. The first kappa shape index (κ1) is 14.9. The summed E-state index contributed by atoms with van der Waals surface area (Å²) < 4.78 is 23.3. The molecule has 0 amide bonds. The van der Waals surface area contributed by atoms with Gasteiger partial charge in [0, 0.05) is 18.8 Å². The zero-order chi connectivity index (χ0) is 12.7. The van der Waals surface area contributed by atoms with Crippen LogP contribution in [0.3, 0.4) is 0 Å². The standard InChI is InChI=1S/C12H26N2O2S/c1-3-8-17(15,16)9-7-14-6-4-5-12(11-14)10-13-2/h12-13H,3-11H2,1-2H3. The van der Waals surface area contributed by atoms with Gasteiger partial charge in [0.05, 0.1) is 5.75 Å². The van der Waals surface area contributed by atoms with E-state index in [-0.39, 0.29) is 0 Å². The third-order valence-corrected chi connectivity index (χ3v) is 5.16. The molecular formula is C12H26N2O2S. The lowest BCUT2D eigenvalue weighted by Crippen LogP contribution is -2.41. The number of likely N-dealkylation sites (tertiary alicyclic amines) is 1. The number of nitrogens with zero attached hydrogens (tertiary/aromatic N) is 1. The highest BCUT2D eigenvalue weighted by atomic mass is 32.2. The second-order valence-electron chi connectivity index (χ2n) is 5.02. The van der Waals surface area contributed by atoms with Crippen molar-refractivity contribution in [2.24, 2.45) is 5.92 Å². The fraction of sp³-hybridized carbons (Fsp3) is 1.00. The Labute approximate surface area is 106 Å². The van der Waals surface area contributed by atoms with E-state index in [1.165, 1.54) is 12.8 Å². The molecular weight excluding hydrogens is 236 g/mol. The van der Waals surface area contributed by atoms with Crippen LogP contribution in [0.1, 0.15) is 26.2 Å². The third kappa shape index (κ3) is 5.84. The second-order valence-corrected chi connectivity index (χ2v) is 7.32. The maximum Gasteiger partial charge on any atom is 0.151 e. The van der Waals surface area contributed by atoms with Crippen molar-refractivity contribution in [1.29, 1.82) is 0 Å². The molecule has 1 saturated heterocycles. The summed E-state index contributed by atoms with van der Waals surface area (Å²) in [6.07, 6.45) is 3.18. The van der Waals surface area contributed by atoms with Crippen LogP contribution in [0.5, 0.6) is 0 Å². The summed E-state index contributed by atoms with van der Waals surface area (Å²) in [6.45, 7) is 5.77. The van der Waals surface area contributed by atoms with Crippen molar-refractivity contribution in [3.8, 4) is 0 Å². The van der Waals surface area contributed by atoms with Crippen LogP contribution in [-0.4, -0.2) is 58.1 Å². The predicted octanol–water partition coefficient (Wildman–Crippen LogP) is 0.743. The third-order valence-electron chi connectivity index (χ3n) is 3.33. The summed E-state index contributed by atoms with van der Waals surface area (Å²) >= 11 is 0. The van der Waals surface area contributed by atoms with Gasteiger partial charge in [-0.1, -0.05) is 6.92 Å². The first-order valence-electron chi connectivity index (χ1n) is 6.64. The summed E-state index contributed by atoms with van der Waals surface area (Å²) in [6, 6.07) is 0. The Morgan fingerprint density at radius 1 is 1.35 bits per heavy atom. The van der Waals surface area contributed by atoms with E-state index in [4.69, 9.17) is 0 Å². The van der Waals surface area contributed by atoms with Gasteiger partial charge in [-0.15, -0.1) is 0 Å². The molecule has 4 nitrogen and oxygen atoms in total. The Balaban J connectivity index is 2.31. The van der Waals surface area contributed by atoms with Crippen LogP contribution in [0.15, 0.2) is 0 Å². The molecule has 0 radical (unpaired) electrons. The molecule has 102 valence electrons. The van der Waals surface area contributed by atoms with Crippen molar-refractivity contribution in [3.63, 3.8) is 0 Å². The van der Waals surface area contributed by atoms with Gasteiger partial charge in [0.2, 0.25) is 0 Å². The van der Waals surface area contributed by atoms with Gasteiger partial charge < -0.3 is 10.2 Å². The normalized spacial score (nSPS) is 22.8. The van der Waals surface area contributed by atoms with Crippen molar-refractivity contribution in [2.45, 2.75) is 26.2 Å². The van der Waals surface area contributed by atoms with E-state index in [9.17, 15) is 8.42 Å². The van der Waals surface area contributed by atoms with Crippen LogP contribution in [0, 0.1) is 5.92 Å². The maximum atomic E-state index is 11.6. The van der Waals surface area contributed by atoms with E-state index in [1.54, 1.807) is 0 Å². The molecule has 1 aliphatic heterocycles. The second kappa shape index (κ2) is 7.34. The Kier molecular flexibility index (Phi) is 6.44. The molecule has 0 aliphatic carbocycles. The van der Waals surface area contributed by atoms with Gasteiger partial charge in [-0.05, 0) is 45.3 Å². The highest BCUT2D eigenvalue weighted by Crippen LogP contribution is 2.15. The Hall–Kier alpha value is -0.130. The average molecular weight is 262 g/mol. The minimum absolute atomic E-state index is 0.327. The topological polar surface area (TPSA) is 49.4 Å². The lowest BCUT2D eigenvalue weighted by atomic mass is 9.98. The summed E-state index contributed by atoms with van der Waals surface area (Å²) in [5.41, 5.74) is 0. The number of hydrogen-bond donors (Lipinski definition) is 1. The average Bonchev–Trinajstić information content (AvgIpc) is 2.28. The molecule has 0 spiro atoms. The smallest absolute Gasteiger partial charge is 0.151 e. The Morgan fingerprint density at radius 2 is 2.12 bits per heavy atom. The van der Waals surface area contributed by atoms with Crippen LogP contribution < -0.4 is 5.32 Å². The van der Waals surface area contributed by atoms with E-state index < -0.39 is 9.84 Å². The van der Waals surface area contributed by atoms with Crippen LogP contribution >= 0.6 is 0 Å². The zero-order valence-corrected chi connectivity index (χ0v) is 11.9. The molecule has 1 unspecified atom stereocenters. The zero-order valence-electron chi connectivity index (χ0n) is 11.1. The van der Waals surface area contributed by atoms with Crippen LogP contribution in [0.25, 0.3) is 0 Å². The molecule has 0 aromatic rings. The van der Waals surface area contributed by atoms with Crippen LogP contribution in [-0.2, 0) is 9.84 Å². The molecule has 1 rings (SSSR count). The van der Waals surface area contributed by atoms with Crippen molar-refractivity contribution in [2.75, 3.05) is 44.7 Å². The van der Waals surface area contributed by atoms with Gasteiger partial charge in [0.25, 0.3) is 0 Å². The number of sulfone groups is 1. The van der Waals surface area contributed by atoms with E-state index in [0.29, 0.717) is 24.0 Å². The largest absolute Gasteiger partial charge is 0.319 e. The molecule has 0 saturated carbocycles. The molecule has 5 heteroatoms. The molecule has 0 aromatic heterocycles. The quantitative estimate of drug-likeness (QED) is 0.735. The lowest BCUT2D eigenvalue weighted by Gasteiger charge is -2.32. The van der Waals surface area contributed by atoms with Gasteiger partial charge >= 0.3 is 0 Å². The predicted molar refractivity (Wildman–Crippen MR) is 72.0 cm³/mol. The number of nitrogens with one attached hydrogen (secondary N) is 1. The number of piperidine rings is 1.